The maximum atomic E-state index is 11.1. The highest BCUT2D eigenvalue weighted by molar-refractivity contribution is 5.02. The van der Waals surface area contributed by atoms with Crippen LogP contribution in [0.1, 0.15) is 6.42 Å². The summed E-state index contributed by atoms with van der Waals surface area (Å²) in [4.78, 5) is 0. The van der Waals surface area contributed by atoms with Crippen LogP contribution in [0.2, 0.25) is 0 Å². The maximum Gasteiger partial charge on any atom is 0.187 e. The molecule has 0 aromatic heterocycles. The maximum absolute atomic E-state index is 11.1. The minimum atomic E-state index is -1.60. The quantitative estimate of drug-likeness (QED) is 0.115. The summed E-state index contributed by atoms with van der Waals surface area (Å²) in [6, 6.07) is -4.18. The monoisotopic (exact) mass is 614 g/mol. The second-order valence-electron chi connectivity index (χ2n) is 11.2. The standard InChI is InChI=1S/C23H46N6O13/c24-2-7-13(32)15(34)10(28)21(37-7)40-18-6(27)1-5(26)12(31)20(18)42-23-17(36)19(9(4-30)39-23)41-22-11(29)16(35)14(33)8(3-25)38-22/h5-23,30-36H,1-4,24-29H2/t5-,6+,7-,8+,9+,10+,11-,12-,13+,14+,15-,16-,17-,18+,19-,20-,21+,22-,23-/m1/s1. The molecule has 1 saturated carbocycles. The zero-order valence-corrected chi connectivity index (χ0v) is 22.8. The third-order valence-corrected chi connectivity index (χ3v) is 8.37. The summed E-state index contributed by atoms with van der Waals surface area (Å²) in [5.74, 6) is 0. The molecule has 3 saturated heterocycles. The van der Waals surface area contributed by atoms with Crippen molar-refractivity contribution in [3.63, 3.8) is 0 Å². The molecule has 3 aliphatic heterocycles. The summed E-state index contributed by atoms with van der Waals surface area (Å²) in [6.07, 6.45) is -19.8. The van der Waals surface area contributed by atoms with Gasteiger partial charge >= 0.3 is 0 Å². The van der Waals surface area contributed by atoms with Crippen molar-refractivity contribution in [2.45, 2.75) is 123 Å². The first-order chi connectivity index (χ1) is 19.8. The lowest BCUT2D eigenvalue weighted by atomic mass is 9.84. The lowest BCUT2D eigenvalue weighted by Gasteiger charge is -2.47. The fourth-order valence-corrected chi connectivity index (χ4v) is 5.74. The van der Waals surface area contributed by atoms with Crippen molar-refractivity contribution in [1.29, 1.82) is 0 Å². The van der Waals surface area contributed by atoms with Gasteiger partial charge in [0.15, 0.2) is 18.9 Å². The van der Waals surface area contributed by atoms with E-state index in [9.17, 15) is 35.7 Å². The Morgan fingerprint density at radius 2 is 0.976 bits per heavy atom. The molecular weight excluding hydrogens is 568 g/mol. The fraction of sp³-hybridized carbons (Fsp3) is 1.00. The zero-order valence-electron chi connectivity index (χ0n) is 22.8. The van der Waals surface area contributed by atoms with Gasteiger partial charge in [-0.15, -0.1) is 0 Å². The fourth-order valence-electron chi connectivity index (χ4n) is 5.74. The minimum Gasteiger partial charge on any atom is -0.394 e. The summed E-state index contributed by atoms with van der Waals surface area (Å²) >= 11 is 0. The van der Waals surface area contributed by atoms with Crippen LogP contribution in [0.25, 0.3) is 0 Å². The molecule has 0 radical (unpaired) electrons. The van der Waals surface area contributed by atoms with E-state index >= 15 is 0 Å². The van der Waals surface area contributed by atoms with E-state index in [0.717, 1.165) is 0 Å². The Bertz CT molecular complexity index is 868. The van der Waals surface area contributed by atoms with Gasteiger partial charge in [-0.1, -0.05) is 0 Å². The lowest BCUT2D eigenvalue weighted by Crippen LogP contribution is -2.68. The van der Waals surface area contributed by atoms with E-state index in [2.05, 4.69) is 0 Å². The number of ether oxygens (including phenoxy) is 6. The van der Waals surface area contributed by atoms with Gasteiger partial charge in [-0.2, -0.15) is 0 Å². The van der Waals surface area contributed by atoms with Crippen molar-refractivity contribution < 1.29 is 64.2 Å². The van der Waals surface area contributed by atoms with E-state index in [1.54, 1.807) is 0 Å². The summed E-state index contributed by atoms with van der Waals surface area (Å²) in [6.45, 7) is -0.967. The summed E-state index contributed by atoms with van der Waals surface area (Å²) in [5.41, 5.74) is 35.6. The van der Waals surface area contributed by atoms with Crippen molar-refractivity contribution in [1.82, 2.24) is 0 Å². The van der Waals surface area contributed by atoms with Gasteiger partial charge in [0.2, 0.25) is 0 Å². The smallest absolute Gasteiger partial charge is 0.187 e. The molecule has 0 bridgehead atoms. The Kier molecular flexibility index (Phi) is 11.5. The highest BCUT2D eigenvalue weighted by Gasteiger charge is 2.54. The predicted octanol–water partition coefficient (Wildman–Crippen LogP) is -8.90. The van der Waals surface area contributed by atoms with Crippen LogP contribution in [0.3, 0.4) is 0 Å². The Balaban J connectivity index is 1.50. The van der Waals surface area contributed by atoms with Crippen LogP contribution in [0.4, 0.5) is 0 Å². The molecule has 3 heterocycles. The van der Waals surface area contributed by atoms with Gasteiger partial charge in [0.05, 0.1) is 24.8 Å². The Morgan fingerprint density at radius 3 is 1.45 bits per heavy atom. The summed E-state index contributed by atoms with van der Waals surface area (Å²) in [7, 11) is 0. The lowest BCUT2D eigenvalue weighted by molar-refractivity contribution is -0.306. The van der Waals surface area contributed by atoms with Crippen molar-refractivity contribution in [2.75, 3.05) is 19.7 Å². The average molecular weight is 615 g/mol. The van der Waals surface area contributed by atoms with Crippen LogP contribution in [-0.2, 0) is 28.4 Å². The van der Waals surface area contributed by atoms with Crippen LogP contribution in [-0.4, -0.2) is 172 Å². The molecule has 19 heteroatoms. The number of aliphatic hydroxyl groups is 7. The van der Waals surface area contributed by atoms with E-state index in [4.69, 9.17) is 62.8 Å². The minimum absolute atomic E-state index is 0.0889. The largest absolute Gasteiger partial charge is 0.394 e. The van der Waals surface area contributed by atoms with Crippen molar-refractivity contribution in [2.24, 2.45) is 34.4 Å². The molecule has 246 valence electrons. The number of nitrogens with two attached hydrogens (primary N) is 6. The highest BCUT2D eigenvalue weighted by atomic mass is 16.8. The van der Waals surface area contributed by atoms with Gasteiger partial charge < -0.3 is 98.6 Å². The van der Waals surface area contributed by atoms with Crippen LogP contribution < -0.4 is 34.4 Å². The van der Waals surface area contributed by atoms with E-state index in [0.29, 0.717) is 0 Å². The van der Waals surface area contributed by atoms with Gasteiger partial charge in [-0.05, 0) is 6.42 Å². The van der Waals surface area contributed by atoms with Gasteiger partial charge in [0.25, 0.3) is 0 Å². The summed E-state index contributed by atoms with van der Waals surface area (Å²) < 4.78 is 34.6. The third-order valence-electron chi connectivity index (χ3n) is 8.37. The molecule has 0 spiro atoms. The van der Waals surface area contributed by atoms with Crippen LogP contribution in [0.15, 0.2) is 0 Å². The van der Waals surface area contributed by atoms with Gasteiger partial charge in [-0.3, -0.25) is 0 Å². The SMILES string of the molecule is NC[C@@H]1O[C@H](O[C@H]2[C@@H](O)[C@@H](O[C@@H]3[C@H](O)[C@H](N)C[C@H](N)[C@@H]3O[C@@H]3O[C@H](CN)[C@H](O)[C@H](O)[C@@H]3N)O[C@H]2CO)[C@H](N)[C@@H](O)[C@H]1O. The Morgan fingerprint density at radius 1 is 0.524 bits per heavy atom. The summed E-state index contributed by atoms with van der Waals surface area (Å²) in [5, 5.41) is 73.0. The molecule has 4 aliphatic rings. The number of aliphatic hydroxyl groups excluding tert-OH is 7. The topological polar surface area (TPSA) is 353 Å². The van der Waals surface area contributed by atoms with Crippen LogP contribution in [0, 0.1) is 0 Å². The molecule has 0 aromatic carbocycles. The molecule has 19 atom stereocenters. The Hall–Kier alpha value is -0.760. The zero-order chi connectivity index (χ0) is 31.0. The van der Waals surface area contributed by atoms with Gasteiger partial charge in [0, 0.05) is 25.2 Å². The normalized spacial score (nSPS) is 53.8. The second kappa shape index (κ2) is 14.1. The van der Waals surface area contributed by atoms with E-state index < -0.39 is 123 Å². The van der Waals surface area contributed by atoms with Gasteiger partial charge in [-0.25, -0.2) is 0 Å². The van der Waals surface area contributed by atoms with E-state index in [1.165, 1.54) is 0 Å². The third kappa shape index (κ3) is 6.60. The molecule has 0 amide bonds. The molecule has 19 N–H and O–H groups in total. The molecular formula is C23H46N6O13. The first kappa shape index (κ1) is 34.1. The van der Waals surface area contributed by atoms with E-state index in [1.807, 2.05) is 0 Å². The first-order valence-corrected chi connectivity index (χ1v) is 13.9. The van der Waals surface area contributed by atoms with Gasteiger partial charge in [0.1, 0.15) is 67.1 Å². The Labute approximate surface area is 241 Å². The first-order valence-electron chi connectivity index (χ1n) is 13.9. The van der Waals surface area contributed by atoms with Crippen LogP contribution in [0.5, 0.6) is 0 Å². The number of rotatable bonds is 9. The molecule has 1 aliphatic carbocycles. The van der Waals surface area contributed by atoms with Crippen molar-refractivity contribution in [3.05, 3.63) is 0 Å². The van der Waals surface area contributed by atoms with Crippen molar-refractivity contribution >= 4 is 0 Å². The molecule has 4 fully saturated rings. The number of hydrogen-bond donors (Lipinski definition) is 13. The molecule has 4 rings (SSSR count). The second-order valence-corrected chi connectivity index (χ2v) is 11.2. The molecule has 0 aromatic rings. The molecule has 0 unspecified atom stereocenters. The number of hydrogen-bond acceptors (Lipinski definition) is 19. The molecule has 42 heavy (non-hydrogen) atoms. The predicted molar refractivity (Wildman–Crippen MR) is 138 cm³/mol. The molecule has 19 nitrogen and oxygen atoms in total. The van der Waals surface area contributed by atoms with Crippen LogP contribution >= 0.6 is 0 Å². The van der Waals surface area contributed by atoms with E-state index in [-0.39, 0.29) is 19.5 Å². The average Bonchev–Trinajstić information content (AvgIpc) is 3.27. The highest BCUT2D eigenvalue weighted by Crippen LogP contribution is 2.34. The van der Waals surface area contributed by atoms with Crippen molar-refractivity contribution in [3.8, 4) is 0 Å².